The van der Waals surface area contributed by atoms with Crippen LogP contribution in [0.1, 0.15) is 37.1 Å². The second-order valence-electron chi connectivity index (χ2n) is 7.26. The number of nitrogens with one attached hydrogen (secondary N) is 1. The zero-order valence-electron chi connectivity index (χ0n) is 16.2. The van der Waals surface area contributed by atoms with Crippen molar-refractivity contribution < 1.29 is 9.90 Å². The van der Waals surface area contributed by atoms with E-state index in [1.165, 1.54) is 0 Å². The van der Waals surface area contributed by atoms with Crippen molar-refractivity contribution in [1.82, 2.24) is 15.3 Å². The summed E-state index contributed by atoms with van der Waals surface area (Å²) in [6.45, 7) is 0. The fourth-order valence-corrected chi connectivity index (χ4v) is 3.96. The van der Waals surface area contributed by atoms with Crippen molar-refractivity contribution in [3.8, 4) is 0 Å². The van der Waals surface area contributed by atoms with Crippen LogP contribution in [0.15, 0.2) is 70.6 Å². The van der Waals surface area contributed by atoms with Crippen molar-refractivity contribution in [3.05, 3.63) is 71.8 Å². The first kappa shape index (κ1) is 19.1. The molecule has 0 saturated heterocycles. The lowest BCUT2D eigenvalue weighted by molar-refractivity contribution is -0.141. The Morgan fingerprint density at radius 2 is 1.79 bits per heavy atom. The Bertz CT molecular complexity index is 985. The van der Waals surface area contributed by atoms with Gasteiger partial charge in [0, 0.05) is 25.4 Å². The van der Waals surface area contributed by atoms with Gasteiger partial charge in [0.15, 0.2) is 0 Å². The van der Waals surface area contributed by atoms with Crippen molar-refractivity contribution in [2.45, 2.75) is 31.3 Å². The van der Waals surface area contributed by atoms with E-state index in [0.29, 0.717) is 25.7 Å². The van der Waals surface area contributed by atoms with E-state index in [-0.39, 0.29) is 11.8 Å². The van der Waals surface area contributed by atoms with Gasteiger partial charge in [0.05, 0.1) is 17.1 Å². The summed E-state index contributed by atoms with van der Waals surface area (Å²) >= 11 is 0. The predicted molar refractivity (Wildman–Crippen MR) is 111 cm³/mol. The van der Waals surface area contributed by atoms with Gasteiger partial charge in [0.1, 0.15) is 11.3 Å². The molecule has 2 aromatic rings. The molecule has 1 amide bonds. The first-order valence-electron chi connectivity index (χ1n) is 9.76. The van der Waals surface area contributed by atoms with Gasteiger partial charge in [-0.25, -0.2) is 0 Å². The number of hydrogen-bond acceptors (Lipinski definition) is 6. The number of aromatic nitrogens is 2. The standard InChI is InChI=1S/C22H23N5O2/c1-23-21(28)22(29)11-6-7-15-16(10-12-22)20(18-9-3-5-14-25-18)27-26-19(15)17-8-2-4-13-24-17/h2-5,7-9,13-14,16,29H,6,10-12H2,1H3,(H,23,28)/b15-7+/t16?,22-/m1/s1. The van der Waals surface area contributed by atoms with Crippen molar-refractivity contribution in [2.24, 2.45) is 16.1 Å². The minimum Gasteiger partial charge on any atom is -0.380 e. The van der Waals surface area contributed by atoms with Crippen LogP contribution in [0.2, 0.25) is 0 Å². The summed E-state index contributed by atoms with van der Waals surface area (Å²) in [6, 6.07) is 11.4. The Morgan fingerprint density at radius 3 is 2.45 bits per heavy atom. The average Bonchev–Trinajstić information content (AvgIpc) is 2.77. The molecule has 0 bridgehead atoms. The van der Waals surface area contributed by atoms with Crippen LogP contribution in [0.4, 0.5) is 0 Å². The largest absolute Gasteiger partial charge is 0.380 e. The average molecular weight is 389 g/mol. The number of allylic oxidation sites excluding steroid dienone is 2. The fraction of sp³-hybridized carbons (Fsp3) is 0.318. The molecule has 148 valence electrons. The van der Waals surface area contributed by atoms with E-state index in [1.54, 1.807) is 19.4 Å². The minimum absolute atomic E-state index is 0.129. The SMILES string of the molecule is CNC(=O)[C@@]1(O)CC/C=C2/C(c3ccccn3)=NN=C(c3ccccn3)C2CC1. The van der Waals surface area contributed by atoms with Gasteiger partial charge in [-0.3, -0.25) is 14.8 Å². The lowest BCUT2D eigenvalue weighted by Gasteiger charge is -2.33. The normalized spacial score (nSPS) is 26.0. The highest BCUT2D eigenvalue weighted by atomic mass is 16.3. The summed E-state index contributed by atoms with van der Waals surface area (Å²) in [5, 5.41) is 22.5. The van der Waals surface area contributed by atoms with Crippen LogP contribution >= 0.6 is 0 Å². The number of nitrogens with zero attached hydrogens (tertiary/aromatic N) is 4. The van der Waals surface area contributed by atoms with Crippen LogP contribution in [0, 0.1) is 5.92 Å². The molecule has 0 radical (unpaired) electrons. The van der Waals surface area contributed by atoms with Crippen LogP contribution in [0.5, 0.6) is 0 Å². The number of carbonyl (C=O) groups excluding carboxylic acids is 1. The van der Waals surface area contributed by atoms with E-state index in [0.717, 1.165) is 28.4 Å². The molecule has 1 aliphatic heterocycles. The van der Waals surface area contributed by atoms with Gasteiger partial charge in [-0.2, -0.15) is 5.10 Å². The van der Waals surface area contributed by atoms with Crippen molar-refractivity contribution in [3.63, 3.8) is 0 Å². The lowest BCUT2D eigenvalue weighted by atomic mass is 9.76. The van der Waals surface area contributed by atoms with Gasteiger partial charge in [-0.15, -0.1) is 5.10 Å². The highest BCUT2D eigenvalue weighted by Gasteiger charge is 2.39. The van der Waals surface area contributed by atoms with E-state index in [4.69, 9.17) is 0 Å². The van der Waals surface area contributed by atoms with Crippen LogP contribution in [-0.2, 0) is 4.79 Å². The predicted octanol–water partition coefficient (Wildman–Crippen LogP) is 2.28. The second-order valence-corrected chi connectivity index (χ2v) is 7.26. The molecule has 7 heteroatoms. The molecule has 2 N–H and O–H groups in total. The third-order valence-electron chi connectivity index (χ3n) is 5.49. The molecule has 2 aromatic heterocycles. The maximum Gasteiger partial charge on any atom is 0.251 e. The van der Waals surface area contributed by atoms with E-state index in [2.05, 4.69) is 31.6 Å². The topological polar surface area (TPSA) is 99.8 Å². The highest BCUT2D eigenvalue weighted by molar-refractivity contribution is 6.19. The Labute approximate surface area is 169 Å². The number of carbonyl (C=O) groups is 1. The molecule has 2 atom stereocenters. The monoisotopic (exact) mass is 389 g/mol. The molecule has 0 spiro atoms. The second kappa shape index (κ2) is 8.05. The van der Waals surface area contributed by atoms with E-state index < -0.39 is 5.60 Å². The van der Waals surface area contributed by atoms with Gasteiger partial charge in [0.2, 0.25) is 0 Å². The zero-order valence-corrected chi connectivity index (χ0v) is 16.2. The number of pyridine rings is 2. The Balaban J connectivity index is 1.79. The van der Waals surface area contributed by atoms with Crippen LogP contribution < -0.4 is 5.32 Å². The molecule has 0 aromatic carbocycles. The summed E-state index contributed by atoms with van der Waals surface area (Å²) in [7, 11) is 1.55. The zero-order chi connectivity index (χ0) is 20.3. The molecule has 0 fully saturated rings. The smallest absolute Gasteiger partial charge is 0.251 e. The quantitative estimate of drug-likeness (QED) is 0.841. The third-order valence-corrected chi connectivity index (χ3v) is 5.49. The number of rotatable bonds is 3. The molecule has 7 nitrogen and oxygen atoms in total. The third kappa shape index (κ3) is 3.73. The van der Waals surface area contributed by atoms with Gasteiger partial charge in [0.25, 0.3) is 5.91 Å². The summed E-state index contributed by atoms with van der Waals surface area (Å²) in [5.74, 6) is -0.476. The number of amides is 1. The van der Waals surface area contributed by atoms with Gasteiger partial charge >= 0.3 is 0 Å². The molecule has 1 aliphatic carbocycles. The van der Waals surface area contributed by atoms with Gasteiger partial charge in [-0.05, 0) is 55.5 Å². The van der Waals surface area contributed by atoms with Gasteiger partial charge in [-0.1, -0.05) is 18.2 Å². The number of fused-ring (bicyclic) bond motifs is 1. The van der Waals surface area contributed by atoms with E-state index >= 15 is 0 Å². The molecule has 4 rings (SSSR count). The van der Waals surface area contributed by atoms with Crippen LogP contribution in [-0.4, -0.2) is 45.1 Å². The summed E-state index contributed by atoms with van der Waals surface area (Å²) in [5.41, 5.74) is 2.62. The van der Waals surface area contributed by atoms with E-state index in [9.17, 15) is 9.90 Å². The molecular formula is C22H23N5O2. The van der Waals surface area contributed by atoms with E-state index in [1.807, 2.05) is 36.4 Å². The van der Waals surface area contributed by atoms with Crippen molar-refractivity contribution >= 4 is 17.3 Å². The van der Waals surface area contributed by atoms with Crippen LogP contribution in [0.3, 0.4) is 0 Å². The van der Waals surface area contributed by atoms with Crippen molar-refractivity contribution in [2.75, 3.05) is 7.05 Å². The number of hydrogen-bond donors (Lipinski definition) is 2. The number of aliphatic hydroxyl groups is 1. The van der Waals surface area contributed by atoms with Crippen LogP contribution in [0.25, 0.3) is 0 Å². The Morgan fingerprint density at radius 1 is 1.07 bits per heavy atom. The lowest BCUT2D eigenvalue weighted by Crippen LogP contribution is -2.46. The number of likely N-dealkylation sites (N-methyl/N-ethyl adjacent to an activating group) is 1. The molecule has 2 aliphatic rings. The minimum atomic E-state index is -1.40. The Hall–Kier alpha value is -3.19. The molecule has 1 unspecified atom stereocenters. The summed E-state index contributed by atoms with van der Waals surface area (Å²) < 4.78 is 0. The fourth-order valence-electron chi connectivity index (χ4n) is 3.96. The van der Waals surface area contributed by atoms with Crippen molar-refractivity contribution in [1.29, 1.82) is 0 Å². The highest BCUT2D eigenvalue weighted by Crippen LogP contribution is 2.35. The first-order chi connectivity index (χ1) is 14.1. The molecular weight excluding hydrogens is 366 g/mol. The Kier molecular flexibility index (Phi) is 5.31. The summed E-state index contributed by atoms with van der Waals surface area (Å²) in [4.78, 5) is 21.2. The van der Waals surface area contributed by atoms with Gasteiger partial charge < -0.3 is 10.4 Å². The maximum atomic E-state index is 12.3. The molecule has 0 saturated carbocycles. The summed E-state index contributed by atoms with van der Waals surface area (Å²) in [6.07, 6.45) is 7.31. The maximum absolute atomic E-state index is 12.3. The first-order valence-corrected chi connectivity index (χ1v) is 9.76. The molecule has 29 heavy (non-hydrogen) atoms. The molecule has 3 heterocycles.